The van der Waals surface area contributed by atoms with Crippen molar-refractivity contribution in [2.24, 2.45) is 5.73 Å². The molecule has 1 saturated carbocycles. The first kappa shape index (κ1) is 17.9. The lowest BCUT2D eigenvalue weighted by Crippen LogP contribution is -2.42. The number of aromatic amines is 1. The predicted molar refractivity (Wildman–Crippen MR) is 115 cm³/mol. The quantitative estimate of drug-likeness (QED) is 0.491. The van der Waals surface area contributed by atoms with Crippen LogP contribution in [0.25, 0.3) is 32.9 Å². The van der Waals surface area contributed by atoms with E-state index < -0.39 is 0 Å². The zero-order valence-corrected chi connectivity index (χ0v) is 16.4. The summed E-state index contributed by atoms with van der Waals surface area (Å²) in [5.41, 5.74) is 10.2. The Hall–Kier alpha value is -3.19. The summed E-state index contributed by atoms with van der Waals surface area (Å²) < 4.78 is 5.33. The number of pyridine rings is 1. The van der Waals surface area contributed by atoms with Gasteiger partial charge in [-0.05, 0) is 25.0 Å². The number of rotatable bonds is 4. The van der Waals surface area contributed by atoms with Gasteiger partial charge in [0.2, 0.25) is 5.95 Å². The number of benzene rings is 1. The second-order valence-corrected chi connectivity index (χ2v) is 7.63. The van der Waals surface area contributed by atoms with Crippen LogP contribution in [0.1, 0.15) is 25.7 Å². The Morgan fingerprint density at radius 2 is 2.03 bits per heavy atom. The van der Waals surface area contributed by atoms with Gasteiger partial charge >= 0.3 is 0 Å². The Morgan fingerprint density at radius 1 is 1.14 bits per heavy atom. The molecule has 0 bridgehead atoms. The van der Waals surface area contributed by atoms with E-state index >= 15 is 0 Å². The lowest BCUT2D eigenvalue weighted by atomic mass is 9.91. The van der Waals surface area contributed by atoms with E-state index in [4.69, 9.17) is 15.5 Å². The van der Waals surface area contributed by atoms with Crippen LogP contribution in [0.15, 0.2) is 43.0 Å². The van der Waals surface area contributed by atoms with Gasteiger partial charge in [0, 0.05) is 70.4 Å². The molecule has 148 valence electrons. The van der Waals surface area contributed by atoms with Crippen molar-refractivity contribution in [2.75, 3.05) is 12.4 Å². The molecule has 1 aliphatic rings. The van der Waals surface area contributed by atoms with Gasteiger partial charge in [-0.2, -0.15) is 0 Å². The third-order valence-electron chi connectivity index (χ3n) is 5.80. The molecule has 3 aromatic heterocycles. The van der Waals surface area contributed by atoms with Crippen molar-refractivity contribution in [3.8, 4) is 16.9 Å². The molecule has 5 rings (SSSR count). The van der Waals surface area contributed by atoms with Crippen LogP contribution in [0.3, 0.4) is 0 Å². The number of H-pyrrole nitrogens is 1. The third kappa shape index (κ3) is 3.27. The van der Waals surface area contributed by atoms with Crippen molar-refractivity contribution in [2.45, 2.75) is 37.8 Å². The molecular weight excluding hydrogens is 364 g/mol. The zero-order chi connectivity index (χ0) is 19.8. The number of ether oxygens (including phenoxy) is 1. The van der Waals surface area contributed by atoms with Gasteiger partial charge in [-0.15, -0.1) is 0 Å². The maximum atomic E-state index is 6.29. The fraction of sp³-hybridized carbons (Fsp3) is 0.318. The van der Waals surface area contributed by atoms with Gasteiger partial charge in [0.05, 0.1) is 12.6 Å². The van der Waals surface area contributed by atoms with E-state index in [9.17, 15) is 0 Å². The van der Waals surface area contributed by atoms with Crippen molar-refractivity contribution in [1.82, 2.24) is 19.9 Å². The molecule has 1 aromatic carbocycles. The van der Waals surface area contributed by atoms with E-state index in [2.05, 4.69) is 26.3 Å². The summed E-state index contributed by atoms with van der Waals surface area (Å²) in [7, 11) is 1.67. The molecular formula is C22H24N6O. The molecule has 0 amide bonds. The Morgan fingerprint density at radius 3 is 2.90 bits per heavy atom. The van der Waals surface area contributed by atoms with E-state index in [-0.39, 0.29) is 12.1 Å². The van der Waals surface area contributed by atoms with Crippen LogP contribution < -0.4 is 15.8 Å². The van der Waals surface area contributed by atoms with Gasteiger partial charge in [-0.25, -0.2) is 9.97 Å². The van der Waals surface area contributed by atoms with E-state index in [0.717, 1.165) is 51.5 Å². The van der Waals surface area contributed by atoms with E-state index in [1.54, 1.807) is 13.3 Å². The molecule has 0 radical (unpaired) electrons. The smallest absolute Gasteiger partial charge is 0.223 e. The number of fused-ring (bicyclic) bond motifs is 2. The summed E-state index contributed by atoms with van der Waals surface area (Å²) in [5.74, 6) is 1.44. The standard InChI is InChI=1S/C22H24N6O/c1-29-14-6-7-15-16(12-25-20(15)8-14)17-11-24-9-13-10-26-22(28-21(13)17)27-19-5-3-2-4-18(19)23/h6-12,18-19,25H,2-5,23H2,1H3,(H,26,27,28). The number of aromatic nitrogens is 4. The second-order valence-electron chi connectivity index (χ2n) is 7.63. The van der Waals surface area contributed by atoms with Crippen molar-refractivity contribution in [3.05, 3.63) is 43.0 Å². The highest BCUT2D eigenvalue weighted by Crippen LogP contribution is 2.34. The molecule has 2 unspecified atom stereocenters. The highest BCUT2D eigenvalue weighted by molar-refractivity contribution is 6.03. The minimum absolute atomic E-state index is 0.142. The highest BCUT2D eigenvalue weighted by atomic mass is 16.5. The molecule has 3 heterocycles. The number of nitrogens with one attached hydrogen (secondary N) is 2. The first-order valence-electron chi connectivity index (χ1n) is 10.0. The number of nitrogens with zero attached hydrogens (tertiary/aromatic N) is 3. The van der Waals surface area contributed by atoms with Gasteiger partial charge in [0.15, 0.2) is 0 Å². The second kappa shape index (κ2) is 7.33. The zero-order valence-electron chi connectivity index (χ0n) is 16.4. The molecule has 0 aliphatic heterocycles. The Bertz CT molecular complexity index is 1170. The van der Waals surface area contributed by atoms with Crippen LogP contribution in [0, 0.1) is 0 Å². The number of hydrogen-bond acceptors (Lipinski definition) is 6. The number of hydrogen-bond donors (Lipinski definition) is 3. The molecule has 29 heavy (non-hydrogen) atoms. The summed E-state index contributed by atoms with van der Waals surface area (Å²) >= 11 is 0. The average Bonchev–Trinajstić information content (AvgIpc) is 3.18. The SMILES string of the molecule is COc1ccc2c(-c3cncc4cnc(NC5CCCCC5N)nc34)c[nH]c2c1. The topological polar surface area (TPSA) is 102 Å². The molecule has 2 atom stereocenters. The van der Waals surface area contributed by atoms with Crippen LogP contribution in [-0.2, 0) is 0 Å². The monoisotopic (exact) mass is 388 g/mol. The largest absolute Gasteiger partial charge is 0.497 e. The van der Waals surface area contributed by atoms with Crippen LogP contribution in [0.4, 0.5) is 5.95 Å². The minimum Gasteiger partial charge on any atom is -0.497 e. The number of nitrogens with two attached hydrogens (primary N) is 1. The van der Waals surface area contributed by atoms with E-state index in [0.29, 0.717) is 5.95 Å². The van der Waals surface area contributed by atoms with Crippen molar-refractivity contribution in [1.29, 1.82) is 0 Å². The minimum atomic E-state index is 0.142. The van der Waals surface area contributed by atoms with Gasteiger partial charge in [-0.3, -0.25) is 4.98 Å². The van der Waals surface area contributed by atoms with Crippen LogP contribution in [0.5, 0.6) is 5.75 Å². The lowest BCUT2D eigenvalue weighted by Gasteiger charge is -2.29. The molecule has 1 fully saturated rings. The van der Waals surface area contributed by atoms with Crippen LogP contribution in [0.2, 0.25) is 0 Å². The molecule has 0 saturated heterocycles. The van der Waals surface area contributed by atoms with Gasteiger partial charge in [0.25, 0.3) is 0 Å². The summed E-state index contributed by atoms with van der Waals surface area (Å²) in [6.45, 7) is 0. The third-order valence-corrected chi connectivity index (χ3v) is 5.80. The fourth-order valence-corrected chi connectivity index (χ4v) is 4.18. The fourth-order valence-electron chi connectivity index (χ4n) is 4.18. The average molecular weight is 388 g/mol. The Balaban J connectivity index is 1.57. The Kier molecular flexibility index (Phi) is 4.52. The van der Waals surface area contributed by atoms with Crippen molar-refractivity contribution in [3.63, 3.8) is 0 Å². The maximum Gasteiger partial charge on any atom is 0.223 e. The molecule has 7 heteroatoms. The van der Waals surface area contributed by atoms with Crippen molar-refractivity contribution < 1.29 is 4.74 Å². The molecule has 0 spiro atoms. The summed E-state index contributed by atoms with van der Waals surface area (Å²) in [6.07, 6.45) is 12.0. The number of methoxy groups -OCH3 is 1. The van der Waals surface area contributed by atoms with Crippen LogP contribution in [-0.4, -0.2) is 39.1 Å². The molecule has 4 N–H and O–H groups in total. The summed E-state index contributed by atoms with van der Waals surface area (Å²) in [6, 6.07) is 6.37. The number of anilines is 1. The normalized spacial score (nSPS) is 19.5. The maximum absolute atomic E-state index is 6.29. The van der Waals surface area contributed by atoms with Gasteiger partial charge < -0.3 is 20.8 Å². The molecule has 4 aromatic rings. The first-order valence-corrected chi connectivity index (χ1v) is 10.0. The van der Waals surface area contributed by atoms with E-state index in [1.807, 2.05) is 30.7 Å². The summed E-state index contributed by atoms with van der Waals surface area (Å²) in [5, 5.41) is 5.46. The predicted octanol–water partition coefficient (Wildman–Crippen LogP) is 3.86. The summed E-state index contributed by atoms with van der Waals surface area (Å²) in [4.78, 5) is 17.1. The Labute approximate surface area is 168 Å². The molecule has 1 aliphatic carbocycles. The first-order chi connectivity index (χ1) is 14.2. The lowest BCUT2D eigenvalue weighted by molar-refractivity contribution is 0.402. The van der Waals surface area contributed by atoms with Gasteiger partial charge in [-0.1, -0.05) is 12.8 Å². The highest BCUT2D eigenvalue weighted by Gasteiger charge is 2.22. The van der Waals surface area contributed by atoms with Gasteiger partial charge in [0.1, 0.15) is 5.75 Å². The van der Waals surface area contributed by atoms with Crippen molar-refractivity contribution >= 4 is 27.8 Å². The van der Waals surface area contributed by atoms with E-state index in [1.165, 1.54) is 12.8 Å². The van der Waals surface area contributed by atoms with Crippen LogP contribution >= 0.6 is 0 Å². The molecule has 7 nitrogen and oxygen atoms in total.